The first-order valence-electron chi connectivity index (χ1n) is 9.24. The van der Waals surface area contributed by atoms with Gasteiger partial charge in [0.2, 0.25) is 5.91 Å². The number of halogens is 1. The molecule has 2 aliphatic rings. The molecule has 0 bridgehead atoms. The first-order valence-corrected chi connectivity index (χ1v) is 10.7. The molecule has 0 aliphatic carbocycles. The lowest BCUT2D eigenvalue weighted by Gasteiger charge is -2.36. The first-order chi connectivity index (χ1) is 13.9. The van der Waals surface area contributed by atoms with Gasteiger partial charge in [-0.25, -0.2) is 12.7 Å². The molecule has 0 aromatic heterocycles. The number of carbonyl (C=O) groups excluding carboxylic acids is 2. The Hall–Kier alpha value is -2.78. The topological polar surface area (TPSA) is 87.2 Å². The van der Waals surface area contributed by atoms with Crippen LogP contribution in [0.5, 0.6) is 5.75 Å². The number of nitrogens with zero attached hydrogens (tertiary/aromatic N) is 3. The number of sulfonamides is 1. The van der Waals surface area contributed by atoms with Crippen molar-refractivity contribution in [1.82, 2.24) is 9.21 Å². The Balaban J connectivity index is 0.00000256. The summed E-state index contributed by atoms with van der Waals surface area (Å²) in [7, 11) is -2.36. The van der Waals surface area contributed by atoms with Crippen molar-refractivity contribution in [3.05, 3.63) is 54.1 Å². The van der Waals surface area contributed by atoms with E-state index in [0.29, 0.717) is 30.5 Å². The van der Waals surface area contributed by atoms with Crippen molar-refractivity contribution in [2.75, 3.05) is 44.7 Å². The van der Waals surface area contributed by atoms with Crippen LogP contribution in [0.4, 0.5) is 5.69 Å². The molecule has 10 heteroatoms. The predicted molar refractivity (Wildman–Crippen MR) is 114 cm³/mol. The molecular weight excluding hydrogens is 430 g/mol. The van der Waals surface area contributed by atoms with E-state index in [9.17, 15) is 18.0 Å². The fourth-order valence-electron chi connectivity index (χ4n) is 3.62. The molecule has 1 saturated heterocycles. The molecule has 1 fully saturated rings. The lowest BCUT2D eigenvalue weighted by Crippen LogP contribution is -2.51. The van der Waals surface area contributed by atoms with Crippen LogP contribution in [0.3, 0.4) is 0 Å². The maximum atomic E-state index is 12.7. The lowest BCUT2D eigenvalue weighted by molar-refractivity contribution is -0.131. The van der Waals surface area contributed by atoms with Crippen LogP contribution in [-0.4, -0.2) is 69.3 Å². The molecule has 0 spiro atoms. The van der Waals surface area contributed by atoms with Gasteiger partial charge in [0, 0.05) is 31.9 Å². The van der Waals surface area contributed by atoms with Gasteiger partial charge >= 0.3 is 0 Å². The molecule has 0 unspecified atom stereocenters. The van der Waals surface area contributed by atoms with Crippen molar-refractivity contribution in [2.24, 2.45) is 0 Å². The van der Waals surface area contributed by atoms with Crippen molar-refractivity contribution in [3.8, 4) is 5.75 Å². The standard InChI is InChI=1S/C20H21N3O5S.ClH/c1-28-16-8-6-15(7-9-16)21-10-12-22(13-11-21)19(24)14-23-20(25)17-4-2-3-5-18(17)29(23,26)27;/h2-9H,10-14H2,1H3;1H. The summed E-state index contributed by atoms with van der Waals surface area (Å²) in [5.41, 5.74) is 1.15. The van der Waals surface area contributed by atoms with Gasteiger partial charge in [0.05, 0.1) is 12.7 Å². The van der Waals surface area contributed by atoms with E-state index in [4.69, 9.17) is 4.74 Å². The average molecular weight is 452 g/mol. The summed E-state index contributed by atoms with van der Waals surface area (Å²) in [6.45, 7) is 1.69. The lowest BCUT2D eigenvalue weighted by atomic mass is 10.2. The van der Waals surface area contributed by atoms with E-state index in [1.165, 1.54) is 12.1 Å². The molecule has 4 rings (SSSR count). The van der Waals surface area contributed by atoms with Gasteiger partial charge in [0.15, 0.2) is 0 Å². The fourth-order valence-corrected chi connectivity index (χ4v) is 5.14. The van der Waals surface area contributed by atoms with Gasteiger partial charge in [-0.2, -0.15) is 0 Å². The van der Waals surface area contributed by atoms with Gasteiger partial charge in [0.1, 0.15) is 17.2 Å². The SMILES string of the molecule is COc1ccc(N2CCN(C(=O)CN3C(=O)c4ccccc4S3(=O)=O)CC2)cc1.Cl. The van der Waals surface area contributed by atoms with Crippen molar-refractivity contribution in [2.45, 2.75) is 4.90 Å². The number of methoxy groups -OCH3 is 1. The maximum Gasteiger partial charge on any atom is 0.269 e. The molecule has 8 nitrogen and oxygen atoms in total. The summed E-state index contributed by atoms with van der Waals surface area (Å²) in [5.74, 6) is -0.241. The second-order valence-corrected chi connectivity index (χ2v) is 8.71. The zero-order valence-electron chi connectivity index (χ0n) is 16.4. The van der Waals surface area contributed by atoms with Crippen LogP contribution < -0.4 is 9.64 Å². The summed E-state index contributed by atoms with van der Waals surface area (Å²) >= 11 is 0. The number of hydrogen-bond donors (Lipinski definition) is 0. The average Bonchev–Trinajstić information content (AvgIpc) is 2.95. The van der Waals surface area contributed by atoms with Crippen molar-refractivity contribution >= 4 is 39.9 Å². The number of hydrogen-bond acceptors (Lipinski definition) is 6. The Morgan fingerprint density at radius 2 is 1.63 bits per heavy atom. The highest BCUT2D eigenvalue weighted by molar-refractivity contribution is 7.90. The summed E-state index contributed by atoms with van der Waals surface area (Å²) in [6, 6.07) is 13.7. The third kappa shape index (κ3) is 3.82. The van der Waals surface area contributed by atoms with Crippen LogP contribution in [0.25, 0.3) is 0 Å². The van der Waals surface area contributed by atoms with Gasteiger partial charge in [-0.3, -0.25) is 9.59 Å². The Morgan fingerprint density at radius 3 is 2.23 bits per heavy atom. The maximum absolute atomic E-state index is 12.7. The highest BCUT2D eigenvalue weighted by Gasteiger charge is 2.42. The van der Waals surface area contributed by atoms with Gasteiger partial charge in [-0.05, 0) is 36.4 Å². The number of carbonyl (C=O) groups is 2. The Bertz CT molecular complexity index is 1050. The van der Waals surface area contributed by atoms with Gasteiger partial charge in [0.25, 0.3) is 15.9 Å². The van der Waals surface area contributed by atoms with Gasteiger partial charge < -0.3 is 14.5 Å². The molecule has 160 valence electrons. The van der Waals surface area contributed by atoms with Crippen LogP contribution in [0.15, 0.2) is 53.4 Å². The number of ether oxygens (including phenoxy) is 1. The third-order valence-electron chi connectivity index (χ3n) is 5.26. The van der Waals surface area contributed by atoms with Crippen LogP contribution in [0.1, 0.15) is 10.4 Å². The first kappa shape index (κ1) is 21.9. The molecule has 0 saturated carbocycles. The van der Waals surface area contributed by atoms with E-state index in [1.807, 2.05) is 24.3 Å². The smallest absolute Gasteiger partial charge is 0.269 e. The van der Waals surface area contributed by atoms with E-state index >= 15 is 0 Å². The molecule has 2 amide bonds. The molecule has 2 aliphatic heterocycles. The normalized spacial score (nSPS) is 17.4. The van der Waals surface area contributed by atoms with Gasteiger partial charge in [-0.15, -0.1) is 12.4 Å². The highest BCUT2D eigenvalue weighted by atomic mass is 35.5. The summed E-state index contributed by atoms with van der Waals surface area (Å²) in [6.07, 6.45) is 0. The second kappa shape index (κ2) is 8.53. The van der Waals surface area contributed by atoms with Crippen LogP contribution in [0.2, 0.25) is 0 Å². The van der Waals surface area contributed by atoms with E-state index in [-0.39, 0.29) is 28.8 Å². The predicted octanol–water partition coefficient (Wildman–Crippen LogP) is 1.61. The van der Waals surface area contributed by atoms with Gasteiger partial charge in [-0.1, -0.05) is 12.1 Å². The minimum Gasteiger partial charge on any atom is -0.497 e. The molecule has 0 N–H and O–H groups in total. The zero-order valence-corrected chi connectivity index (χ0v) is 18.0. The molecular formula is C20H22ClN3O5S. The molecule has 2 aromatic carbocycles. The van der Waals surface area contributed by atoms with Crippen molar-refractivity contribution in [1.29, 1.82) is 0 Å². The van der Waals surface area contributed by atoms with E-state index < -0.39 is 22.5 Å². The van der Waals surface area contributed by atoms with Crippen molar-refractivity contribution < 1.29 is 22.7 Å². The number of fused-ring (bicyclic) bond motifs is 1. The molecule has 2 heterocycles. The Labute approximate surface area is 181 Å². The largest absolute Gasteiger partial charge is 0.497 e. The van der Waals surface area contributed by atoms with Crippen LogP contribution >= 0.6 is 12.4 Å². The number of piperazine rings is 1. The molecule has 0 radical (unpaired) electrons. The summed E-state index contributed by atoms with van der Waals surface area (Å²) in [4.78, 5) is 28.9. The zero-order chi connectivity index (χ0) is 20.6. The van der Waals surface area contributed by atoms with Crippen molar-refractivity contribution in [3.63, 3.8) is 0 Å². The third-order valence-corrected chi connectivity index (χ3v) is 7.05. The summed E-state index contributed by atoms with van der Waals surface area (Å²) < 4.78 is 31.1. The molecule has 0 atom stereocenters. The van der Waals surface area contributed by atoms with E-state index in [1.54, 1.807) is 24.1 Å². The fraction of sp³-hybridized carbons (Fsp3) is 0.300. The number of benzene rings is 2. The number of rotatable bonds is 4. The number of anilines is 1. The van der Waals surface area contributed by atoms with Crippen LogP contribution in [0, 0.1) is 0 Å². The Kier molecular flexibility index (Phi) is 6.23. The molecule has 2 aromatic rings. The highest BCUT2D eigenvalue weighted by Crippen LogP contribution is 2.30. The summed E-state index contributed by atoms with van der Waals surface area (Å²) in [5, 5.41) is 0. The van der Waals surface area contributed by atoms with E-state index in [2.05, 4.69) is 4.90 Å². The quantitative estimate of drug-likeness (QED) is 0.701. The number of amides is 2. The minimum absolute atomic E-state index is 0. The molecule has 30 heavy (non-hydrogen) atoms. The monoisotopic (exact) mass is 451 g/mol. The second-order valence-electron chi connectivity index (χ2n) is 6.88. The van der Waals surface area contributed by atoms with Crippen LogP contribution in [-0.2, 0) is 14.8 Å². The Morgan fingerprint density at radius 1 is 1.00 bits per heavy atom. The minimum atomic E-state index is -3.98. The van der Waals surface area contributed by atoms with E-state index in [0.717, 1.165) is 11.4 Å².